The van der Waals surface area contributed by atoms with Crippen LogP contribution in [0.2, 0.25) is 0 Å². The molecule has 158 valence electrons. The van der Waals surface area contributed by atoms with Crippen LogP contribution in [0.15, 0.2) is 24.3 Å². The molecule has 0 unspecified atom stereocenters. The number of fused-ring (bicyclic) bond motifs is 1. The van der Waals surface area contributed by atoms with Gasteiger partial charge in [0.2, 0.25) is 0 Å². The summed E-state index contributed by atoms with van der Waals surface area (Å²) < 4.78 is 2.20. The van der Waals surface area contributed by atoms with E-state index in [1.165, 1.54) is 25.7 Å². The van der Waals surface area contributed by atoms with Crippen LogP contribution in [-0.2, 0) is 6.61 Å². The Kier molecular flexibility index (Phi) is 5.98. The number of nitrogens with zero attached hydrogens (tertiary/aromatic N) is 2. The van der Waals surface area contributed by atoms with Gasteiger partial charge in [0.15, 0.2) is 0 Å². The summed E-state index contributed by atoms with van der Waals surface area (Å²) in [4.78, 5) is 14.8. The van der Waals surface area contributed by atoms with E-state index in [0.29, 0.717) is 17.3 Å². The molecule has 1 saturated carbocycles. The smallest absolute Gasteiger partial charge is 0.251 e. The molecule has 5 heteroatoms. The van der Waals surface area contributed by atoms with Crippen molar-refractivity contribution in [2.45, 2.75) is 71.1 Å². The molecular weight excluding hydrogens is 362 g/mol. The number of aromatic nitrogens is 1. The minimum absolute atomic E-state index is 0.160. The summed E-state index contributed by atoms with van der Waals surface area (Å²) in [5, 5.41) is 10.9. The van der Waals surface area contributed by atoms with E-state index in [1.807, 2.05) is 24.3 Å². The number of primary amides is 1. The third kappa shape index (κ3) is 3.82. The van der Waals surface area contributed by atoms with Crippen LogP contribution < -0.4 is 5.73 Å². The lowest BCUT2D eigenvalue weighted by atomic mass is 9.79. The average molecular weight is 398 g/mol. The molecule has 2 heterocycles. The molecule has 1 aliphatic carbocycles. The first kappa shape index (κ1) is 20.4. The molecule has 0 atom stereocenters. The summed E-state index contributed by atoms with van der Waals surface area (Å²) >= 11 is 0. The second-order valence-electron chi connectivity index (χ2n) is 9.31. The normalized spacial score (nSPS) is 24.4. The van der Waals surface area contributed by atoms with Gasteiger partial charge in [-0.05, 0) is 56.4 Å². The van der Waals surface area contributed by atoms with Crippen LogP contribution in [0.5, 0.6) is 0 Å². The van der Waals surface area contributed by atoms with Crippen molar-refractivity contribution in [3.05, 3.63) is 35.5 Å². The fraction of sp³-hybridized carbons (Fsp3) is 0.625. The van der Waals surface area contributed by atoms with Gasteiger partial charge in [0.05, 0.1) is 17.9 Å². The highest BCUT2D eigenvalue weighted by Gasteiger charge is 2.32. The Bertz CT molecular complexity index is 856. The lowest BCUT2D eigenvalue weighted by Gasteiger charge is -2.42. The van der Waals surface area contributed by atoms with Crippen LogP contribution in [0.1, 0.15) is 74.5 Å². The number of piperidine rings is 1. The number of hydrogen-bond donors (Lipinski definition) is 2. The van der Waals surface area contributed by atoms with Crippen LogP contribution in [0.25, 0.3) is 10.9 Å². The standard InChI is InChI=1S/C24H35N3O2/c1-16(2)17-7-9-18(10-8-17)26-13-11-19(12-14-26)27-21-6-4-3-5-20(21)23(24(25)29)22(27)15-28/h3-6,16-19,28H,7-15H2,1-2H3,(H2,25,29)/t17-,18+. The van der Waals surface area contributed by atoms with E-state index in [2.05, 4.69) is 23.3 Å². The maximum absolute atomic E-state index is 12.1. The fourth-order valence-electron chi connectivity index (χ4n) is 5.81. The molecule has 0 radical (unpaired) electrons. The SMILES string of the molecule is CC(C)[C@H]1CC[C@@H](N2CCC(n3c(CO)c(C(N)=O)c4ccccc43)CC2)CC1. The molecule has 2 aliphatic rings. The van der Waals surface area contributed by atoms with Crippen LogP contribution in [-0.4, -0.2) is 39.6 Å². The third-order valence-corrected chi connectivity index (χ3v) is 7.47. The highest BCUT2D eigenvalue weighted by Crippen LogP contribution is 2.37. The number of carbonyl (C=O) groups excluding carboxylic acids is 1. The number of carbonyl (C=O) groups is 1. The lowest BCUT2D eigenvalue weighted by molar-refractivity contribution is 0.0879. The van der Waals surface area contributed by atoms with Gasteiger partial charge in [0.1, 0.15) is 0 Å². The molecule has 4 rings (SSSR count). The second kappa shape index (κ2) is 8.49. The predicted octanol–water partition coefficient (Wildman–Crippen LogP) is 4.08. The summed E-state index contributed by atoms with van der Waals surface area (Å²) in [5.41, 5.74) is 7.85. The molecule has 1 aromatic carbocycles. The van der Waals surface area contributed by atoms with E-state index in [1.54, 1.807) is 0 Å². The number of amides is 1. The van der Waals surface area contributed by atoms with Crippen molar-refractivity contribution in [3.63, 3.8) is 0 Å². The van der Waals surface area contributed by atoms with Crippen LogP contribution in [0, 0.1) is 11.8 Å². The van der Waals surface area contributed by atoms with Gasteiger partial charge in [-0.25, -0.2) is 0 Å². The van der Waals surface area contributed by atoms with Crippen LogP contribution in [0.4, 0.5) is 0 Å². The minimum Gasteiger partial charge on any atom is -0.390 e. The molecule has 1 amide bonds. The second-order valence-corrected chi connectivity index (χ2v) is 9.31. The zero-order valence-corrected chi connectivity index (χ0v) is 17.8. The molecule has 2 fully saturated rings. The van der Waals surface area contributed by atoms with E-state index in [0.717, 1.165) is 54.7 Å². The molecular formula is C24H35N3O2. The molecule has 2 aromatic rings. The van der Waals surface area contributed by atoms with E-state index in [9.17, 15) is 9.90 Å². The topological polar surface area (TPSA) is 71.5 Å². The van der Waals surface area contributed by atoms with Gasteiger partial charge < -0.3 is 20.3 Å². The van der Waals surface area contributed by atoms with Crippen LogP contribution >= 0.6 is 0 Å². The van der Waals surface area contributed by atoms with Gasteiger partial charge in [-0.15, -0.1) is 0 Å². The van der Waals surface area contributed by atoms with Crippen molar-refractivity contribution in [1.29, 1.82) is 0 Å². The number of benzene rings is 1. The van der Waals surface area contributed by atoms with Gasteiger partial charge in [-0.1, -0.05) is 32.0 Å². The first-order valence-electron chi connectivity index (χ1n) is 11.3. The first-order chi connectivity index (χ1) is 14.0. The summed E-state index contributed by atoms with van der Waals surface area (Å²) in [5.74, 6) is 1.25. The molecule has 0 spiro atoms. The quantitative estimate of drug-likeness (QED) is 0.798. The molecule has 1 aromatic heterocycles. The van der Waals surface area contributed by atoms with E-state index >= 15 is 0 Å². The zero-order valence-electron chi connectivity index (χ0n) is 17.8. The lowest BCUT2D eigenvalue weighted by Crippen LogP contribution is -2.44. The Morgan fingerprint density at radius 3 is 2.31 bits per heavy atom. The molecule has 1 aliphatic heterocycles. The number of rotatable bonds is 5. The number of hydrogen-bond acceptors (Lipinski definition) is 3. The molecule has 1 saturated heterocycles. The van der Waals surface area contributed by atoms with Crippen molar-refractivity contribution >= 4 is 16.8 Å². The van der Waals surface area contributed by atoms with Gasteiger partial charge >= 0.3 is 0 Å². The number of para-hydroxylation sites is 1. The van der Waals surface area contributed by atoms with Gasteiger partial charge in [0.25, 0.3) is 5.91 Å². The highest BCUT2D eigenvalue weighted by atomic mass is 16.3. The van der Waals surface area contributed by atoms with Gasteiger partial charge in [-0.3, -0.25) is 4.79 Å². The first-order valence-corrected chi connectivity index (χ1v) is 11.3. The summed E-state index contributed by atoms with van der Waals surface area (Å²) in [7, 11) is 0. The molecule has 29 heavy (non-hydrogen) atoms. The number of aliphatic hydroxyl groups is 1. The van der Waals surface area contributed by atoms with E-state index < -0.39 is 5.91 Å². The Morgan fingerprint density at radius 2 is 1.72 bits per heavy atom. The molecule has 3 N–H and O–H groups in total. The number of likely N-dealkylation sites (tertiary alicyclic amines) is 1. The van der Waals surface area contributed by atoms with E-state index in [-0.39, 0.29) is 6.61 Å². The monoisotopic (exact) mass is 397 g/mol. The summed E-state index contributed by atoms with van der Waals surface area (Å²) in [6, 6.07) is 8.93. The van der Waals surface area contributed by atoms with Gasteiger partial charge in [-0.2, -0.15) is 0 Å². The minimum atomic E-state index is -0.455. The molecule has 5 nitrogen and oxygen atoms in total. The Labute approximate surface area is 173 Å². The maximum Gasteiger partial charge on any atom is 0.251 e. The van der Waals surface area contributed by atoms with Crippen molar-refractivity contribution in [2.24, 2.45) is 17.6 Å². The highest BCUT2D eigenvalue weighted by molar-refractivity contribution is 6.07. The Hall–Kier alpha value is -1.85. The Morgan fingerprint density at radius 1 is 1.07 bits per heavy atom. The summed E-state index contributed by atoms with van der Waals surface area (Å²) in [6.45, 7) is 6.73. The molecule has 0 bridgehead atoms. The summed E-state index contributed by atoms with van der Waals surface area (Å²) in [6.07, 6.45) is 7.48. The predicted molar refractivity (Wildman–Crippen MR) is 117 cm³/mol. The Balaban J connectivity index is 1.51. The van der Waals surface area contributed by atoms with Crippen LogP contribution in [0.3, 0.4) is 0 Å². The van der Waals surface area contributed by atoms with Crippen molar-refractivity contribution < 1.29 is 9.90 Å². The van der Waals surface area contributed by atoms with Crippen molar-refractivity contribution in [2.75, 3.05) is 13.1 Å². The van der Waals surface area contributed by atoms with Gasteiger partial charge in [0, 0.05) is 36.1 Å². The average Bonchev–Trinajstić information content (AvgIpc) is 3.08. The van der Waals surface area contributed by atoms with Crippen molar-refractivity contribution in [1.82, 2.24) is 9.47 Å². The largest absolute Gasteiger partial charge is 0.390 e. The third-order valence-electron chi connectivity index (χ3n) is 7.47. The number of nitrogens with two attached hydrogens (primary N) is 1. The van der Waals surface area contributed by atoms with Crippen molar-refractivity contribution in [3.8, 4) is 0 Å². The fourth-order valence-corrected chi connectivity index (χ4v) is 5.81. The maximum atomic E-state index is 12.1. The zero-order chi connectivity index (χ0) is 20.5. The van der Waals surface area contributed by atoms with E-state index in [4.69, 9.17) is 5.73 Å². The number of aliphatic hydroxyl groups excluding tert-OH is 1.